The Balaban J connectivity index is 1.42. The lowest BCUT2D eigenvalue weighted by Gasteiger charge is -2.29. The molecule has 2 heterocycles. The highest BCUT2D eigenvalue weighted by Gasteiger charge is 2.25. The molecule has 0 bridgehead atoms. The molecule has 0 fully saturated rings. The molecule has 0 unspecified atom stereocenters. The molecule has 0 spiro atoms. The highest BCUT2D eigenvalue weighted by molar-refractivity contribution is 7.90. The molecule has 1 amide bonds. The zero-order valence-corrected chi connectivity index (χ0v) is 22.6. The molecule has 200 valence electrons. The second-order valence-electron chi connectivity index (χ2n) is 8.82. The van der Waals surface area contributed by atoms with Crippen LogP contribution >= 0.6 is 11.6 Å². The molecular formula is C28H25ClN4O5S. The van der Waals surface area contributed by atoms with Gasteiger partial charge in [0.15, 0.2) is 0 Å². The van der Waals surface area contributed by atoms with Crippen molar-refractivity contribution in [2.75, 3.05) is 18.6 Å². The maximum Gasteiger partial charge on any atom is 0.268 e. The molecule has 1 aliphatic heterocycles. The molecule has 0 saturated heterocycles. The lowest BCUT2D eigenvalue weighted by atomic mass is 10.0. The Morgan fingerprint density at radius 2 is 1.69 bits per heavy atom. The standard InChI is InChI=1S/C28H25ClN4O5S/c1-37-22-10-12-24(13-11-22)39(35,36)32-27(34)25-16-30-28(33-15-14-19-4-2-3-5-20(19)17-33)31-26(25)18-38-23-8-6-21(29)7-9-23/h2-13,16H,14-15,17-18H2,1H3,(H,32,34). The average molecular weight is 565 g/mol. The topological polar surface area (TPSA) is 111 Å². The van der Waals surface area contributed by atoms with E-state index in [9.17, 15) is 13.2 Å². The summed E-state index contributed by atoms with van der Waals surface area (Å²) in [6.45, 7) is 1.23. The number of methoxy groups -OCH3 is 1. The van der Waals surface area contributed by atoms with Gasteiger partial charge in [0.25, 0.3) is 15.9 Å². The van der Waals surface area contributed by atoms with Crippen molar-refractivity contribution >= 4 is 33.5 Å². The fraction of sp³-hybridized carbons (Fsp3) is 0.179. The first kappa shape index (κ1) is 26.5. The first-order chi connectivity index (χ1) is 18.8. The number of aromatic nitrogens is 2. The fourth-order valence-corrected chi connectivity index (χ4v) is 5.29. The smallest absolute Gasteiger partial charge is 0.268 e. The third-order valence-corrected chi connectivity index (χ3v) is 7.90. The van der Waals surface area contributed by atoms with Crippen LogP contribution in [0.1, 0.15) is 27.2 Å². The van der Waals surface area contributed by atoms with Crippen LogP contribution in [0.3, 0.4) is 0 Å². The molecule has 4 aromatic rings. The van der Waals surface area contributed by atoms with Crippen molar-refractivity contribution in [1.29, 1.82) is 0 Å². The molecule has 0 saturated carbocycles. The first-order valence-corrected chi connectivity index (χ1v) is 14.0. The van der Waals surface area contributed by atoms with Gasteiger partial charge < -0.3 is 14.4 Å². The summed E-state index contributed by atoms with van der Waals surface area (Å²) in [6.07, 6.45) is 2.17. The molecule has 0 atom stereocenters. The maximum absolute atomic E-state index is 13.2. The van der Waals surface area contributed by atoms with Crippen molar-refractivity contribution in [3.05, 3.63) is 106 Å². The lowest BCUT2D eigenvalue weighted by molar-refractivity contribution is 0.0978. The Morgan fingerprint density at radius 3 is 2.41 bits per heavy atom. The molecule has 1 aromatic heterocycles. The number of sulfonamides is 1. The van der Waals surface area contributed by atoms with Crippen LogP contribution in [0, 0.1) is 0 Å². The summed E-state index contributed by atoms with van der Waals surface area (Å²) < 4.78 is 38.9. The number of benzene rings is 3. The van der Waals surface area contributed by atoms with Crippen LogP contribution in [0.2, 0.25) is 5.02 Å². The zero-order chi connectivity index (χ0) is 27.4. The van der Waals surface area contributed by atoms with Crippen LogP contribution in [0.4, 0.5) is 5.95 Å². The summed E-state index contributed by atoms with van der Waals surface area (Å²) in [6, 6.07) is 20.6. The van der Waals surface area contributed by atoms with Gasteiger partial charge in [-0.25, -0.2) is 23.1 Å². The normalized spacial score (nSPS) is 12.9. The third-order valence-electron chi connectivity index (χ3n) is 6.30. The van der Waals surface area contributed by atoms with Crippen molar-refractivity contribution in [1.82, 2.24) is 14.7 Å². The number of ether oxygens (including phenoxy) is 2. The van der Waals surface area contributed by atoms with Crippen LogP contribution in [-0.4, -0.2) is 37.9 Å². The van der Waals surface area contributed by atoms with Crippen molar-refractivity contribution in [2.45, 2.75) is 24.5 Å². The summed E-state index contributed by atoms with van der Waals surface area (Å²) in [5.74, 6) is 0.569. The van der Waals surface area contributed by atoms with E-state index < -0.39 is 15.9 Å². The van der Waals surface area contributed by atoms with Crippen LogP contribution in [0.15, 0.2) is 83.9 Å². The predicted molar refractivity (Wildman–Crippen MR) is 147 cm³/mol. The quantitative estimate of drug-likeness (QED) is 0.335. The van der Waals surface area contributed by atoms with Gasteiger partial charge in [-0.05, 0) is 66.1 Å². The number of fused-ring (bicyclic) bond motifs is 1. The largest absolute Gasteiger partial charge is 0.497 e. The van der Waals surface area contributed by atoms with Crippen molar-refractivity contribution in [3.8, 4) is 11.5 Å². The number of carbonyl (C=O) groups is 1. The van der Waals surface area contributed by atoms with E-state index in [0.29, 0.717) is 35.6 Å². The summed E-state index contributed by atoms with van der Waals surface area (Å²) in [5, 5.41) is 0.556. The second kappa shape index (κ2) is 11.3. The van der Waals surface area contributed by atoms with E-state index >= 15 is 0 Å². The highest BCUT2D eigenvalue weighted by atomic mass is 35.5. The molecule has 0 aliphatic carbocycles. The fourth-order valence-electron chi connectivity index (χ4n) is 4.20. The number of carbonyl (C=O) groups excluding carboxylic acids is 1. The zero-order valence-electron chi connectivity index (χ0n) is 21.0. The van der Waals surface area contributed by atoms with Gasteiger partial charge in [0.05, 0.1) is 23.3 Å². The van der Waals surface area contributed by atoms with Gasteiger partial charge in [-0.2, -0.15) is 0 Å². The van der Waals surface area contributed by atoms with Crippen LogP contribution in [0.5, 0.6) is 11.5 Å². The minimum Gasteiger partial charge on any atom is -0.497 e. The predicted octanol–water partition coefficient (Wildman–Crippen LogP) is 4.40. The van der Waals surface area contributed by atoms with E-state index in [4.69, 9.17) is 21.1 Å². The minimum atomic E-state index is -4.16. The highest BCUT2D eigenvalue weighted by Crippen LogP contribution is 2.24. The Hall–Kier alpha value is -4.15. The number of nitrogens with zero attached hydrogens (tertiary/aromatic N) is 3. The Morgan fingerprint density at radius 1 is 1.00 bits per heavy atom. The van der Waals surface area contributed by atoms with Crippen LogP contribution < -0.4 is 19.1 Å². The van der Waals surface area contributed by atoms with Gasteiger partial charge >= 0.3 is 0 Å². The Bertz CT molecular complexity index is 1600. The summed E-state index contributed by atoms with van der Waals surface area (Å²) in [7, 11) is -2.68. The molecule has 11 heteroatoms. The molecule has 1 aliphatic rings. The first-order valence-electron chi connectivity index (χ1n) is 12.1. The number of nitrogens with one attached hydrogen (secondary N) is 1. The van der Waals surface area contributed by atoms with Crippen LogP contribution in [-0.2, 0) is 29.6 Å². The monoisotopic (exact) mass is 564 g/mol. The summed E-state index contributed by atoms with van der Waals surface area (Å²) >= 11 is 5.97. The van der Waals surface area contributed by atoms with Gasteiger partial charge in [-0.15, -0.1) is 0 Å². The third kappa shape index (κ3) is 6.13. The molecule has 1 N–H and O–H groups in total. The molecular weight excluding hydrogens is 540 g/mol. The summed E-state index contributed by atoms with van der Waals surface area (Å²) in [4.78, 5) is 24.2. The van der Waals surface area contributed by atoms with Gasteiger partial charge in [-0.1, -0.05) is 35.9 Å². The number of rotatable bonds is 8. The van der Waals surface area contributed by atoms with Crippen molar-refractivity contribution in [3.63, 3.8) is 0 Å². The summed E-state index contributed by atoms with van der Waals surface area (Å²) in [5.41, 5.74) is 2.69. The van der Waals surface area contributed by atoms with E-state index in [1.165, 1.54) is 48.7 Å². The maximum atomic E-state index is 13.2. The Labute approximate surface area is 231 Å². The lowest BCUT2D eigenvalue weighted by Crippen LogP contribution is -2.34. The van der Waals surface area contributed by atoms with Gasteiger partial charge in [0.2, 0.25) is 5.95 Å². The number of anilines is 1. The molecule has 9 nitrogen and oxygen atoms in total. The molecule has 5 rings (SSSR count). The van der Waals surface area contributed by atoms with Crippen molar-refractivity contribution in [2.24, 2.45) is 0 Å². The van der Waals surface area contributed by atoms with Gasteiger partial charge in [-0.3, -0.25) is 4.79 Å². The SMILES string of the molecule is COc1ccc(S(=O)(=O)NC(=O)c2cnc(N3CCc4ccccc4C3)nc2COc2ccc(Cl)cc2)cc1. The van der Waals surface area contributed by atoms with E-state index in [1.807, 2.05) is 17.0 Å². The molecule has 0 radical (unpaired) electrons. The van der Waals surface area contributed by atoms with Gasteiger partial charge in [0, 0.05) is 24.3 Å². The van der Waals surface area contributed by atoms with Crippen molar-refractivity contribution < 1.29 is 22.7 Å². The molecule has 39 heavy (non-hydrogen) atoms. The number of hydrogen-bond acceptors (Lipinski definition) is 8. The Kier molecular flexibility index (Phi) is 7.67. The van der Waals surface area contributed by atoms with Gasteiger partial charge in [0.1, 0.15) is 18.1 Å². The van der Waals surface area contributed by atoms with E-state index in [0.717, 1.165) is 6.42 Å². The average Bonchev–Trinajstić information content (AvgIpc) is 2.96. The minimum absolute atomic E-state index is 0.0118. The number of halogens is 1. The second-order valence-corrected chi connectivity index (χ2v) is 10.9. The van der Waals surface area contributed by atoms with E-state index in [2.05, 4.69) is 26.8 Å². The molecule has 3 aromatic carbocycles. The van der Waals surface area contributed by atoms with E-state index in [1.54, 1.807) is 24.3 Å². The van der Waals surface area contributed by atoms with E-state index in [-0.39, 0.29) is 22.8 Å². The number of hydrogen-bond donors (Lipinski definition) is 1. The number of amides is 1. The van der Waals surface area contributed by atoms with Crippen LogP contribution in [0.25, 0.3) is 0 Å².